The Hall–Kier alpha value is -1.22. The van der Waals surface area contributed by atoms with Crippen LogP contribution < -0.4 is 5.32 Å². The van der Waals surface area contributed by atoms with E-state index in [1.54, 1.807) is 27.8 Å². The van der Waals surface area contributed by atoms with Crippen molar-refractivity contribution >= 4 is 39.0 Å². The molecule has 0 saturated carbocycles. The lowest BCUT2D eigenvalue weighted by Gasteiger charge is -2.04. The van der Waals surface area contributed by atoms with Crippen molar-refractivity contribution in [2.75, 3.05) is 12.3 Å². The highest BCUT2D eigenvalue weighted by atomic mass is 79.9. The van der Waals surface area contributed by atoms with E-state index in [1.807, 2.05) is 30.3 Å². The monoisotopic (exact) mass is 409 g/mol. The molecule has 0 spiro atoms. The zero-order chi connectivity index (χ0) is 15.9. The number of thiophene rings is 1. The van der Waals surface area contributed by atoms with Crippen molar-refractivity contribution in [2.24, 2.45) is 0 Å². The molecule has 0 bridgehead atoms. The molecule has 8 heteroatoms. The maximum absolute atomic E-state index is 4.10. The van der Waals surface area contributed by atoms with Crippen LogP contribution in [0.4, 0.5) is 0 Å². The Morgan fingerprint density at radius 3 is 2.91 bits per heavy atom. The summed E-state index contributed by atoms with van der Waals surface area (Å²) in [4.78, 5) is 1.34. The van der Waals surface area contributed by atoms with Crippen LogP contribution in [0.25, 0.3) is 5.69 Å². The molecule has 1 aromatic carbocycles. The van der Waals surface area contributed by atoms with E-state index in [9.17, 15) is 0 Å². The first kappa shape index (κ1) is 16.6. The summed E-state index contributed by atoms with van der Waals surface area (Å²) in [6.07, 6.45) is 1.07. The van der Waals surface area contributed by atoms with Crippen LogP contribution >= 0.6 is 39.0 Å². The van der Waals surface area contributed by atoms with E-state index >= 15 is 0 Å². The number of nitrogens with one attached hydrogen (secondary N) is 1. The van der Waals surface area contributed by atoms with Crippen molar-refractivity contribution in [1.82, 2.24) is 25.5 Å². The normalized spacial score (nSPS) is 11.0. The van der Waals surface area contributed by atoms with Crippen molar-refractivity contribution in [3.63, 3.8) is 0 Å². The Bertz CT molecular complexity index is 728. The van der Waals surface area contributed by atoms with E-state index in [4.69, 9.17) is 0 Å². The molecule has 5 nitrogen and oxygen atoms in total. The summed E-state index contributed by atoms with van der Waals surface area (Å²) in [5.74, 6) is 0.980. The van der Waals surface area contributed by atoms with Crippen LogP contribution in [0, 0.1) is 0 Å². The van der Waals surface area contributed by atoms with Gasteiger partial charge in [0.25, 0.3) is 0 Å². The Labute approximate surface area is 151 Å². The molecule has 0 radical (unpaired) electrons. The van der Waals surface area contributed by atoms with Gasteiger partial charge in [0.15, 0.2) is 0 Å². The van der Waals surface area contributed by atoms with Gasteiger partial charge in [-0.1, -0.05) is 30.0 Å². The number of nitrogens with zero attached hydrogens (tertiary/aromatic N) is 4. The van der Waals surface area contributed by atoms with Gasteiger partial charge >= 0.3 is 0 Å². The molecule has 0 unspecified atom stereocenters. The molecule has 2 aromatic heterocycles. The molecule has 0 fully saturated rings. The van der Waals surface area contributed by atoms with E-state index < -0.39 is 0 Å². The van der Waals surface area contributed by atoms with Gasteiger partial charge in [-0.3, -0.25) is 0 Å². The second-order valence-corrected chi connectivity index (χ2v) is 7.79. The number of rotatable bonds is 8. The van der Waals surface area contributed by atoms with Crippen molar-refractivity contribution in [3.8, 4) is 5.69 Å². The van der Waals surface area contributed by atoms with E-state index in [1.165, 1.54) is 4.88 Å². The van der Waals surface area contributed by atoms with Gasteiger partial charge in [0, 0.05) is 27.0 Å². The van der Waals surface area contributed by atoms with Crippen molar-refractivity contribution in [1.29, 1.82) is 0 Å². The predicted octanol–water partition coefficient (Wildman–Crippen LogP) is 3.76. The third kappa shape index (κ3) is 4.87. The molecule has 3 aromatic rings. The van der Waals surface area contributed by atoms with Gasteiger partial charge in [-0.15, -0.1) is 16.4 Å². The number of thioether (sulfide) groups is 1. The highest BCUT2D eigenvalue weighted by Gasteiger charge is 2.08. The Morgan fingerprint density at radius 2 is 2.13 bits per heavy atom. The van der Waals surface area contributed by atoms with Crippen LogP contribution in [0.3, 0.4) is 0 Å². The number of tetrazole rings is 1. The van der Waals surface area contributed by atoms with E-state index in [0.717, 1.165) is 40.6 Å². The number of benzene rings is 1. The Morgan fingerprint density at radius 1 is 1.26 bits per heavy atom. The van der Waals surface area contributed by atoms with Gasteiger partial charge in [0.05, 0.1) is 5.69 Å². The molecule has 0 aliphatic heterocycles. The minimum Gasteiger partial charge on any atom is -0.312 e. The number of hydrogen-bond acceptors (Lipinski definition) is 6. The van der Waals surface area contributed by atoms with Crippen LogP contribution in [-0.2, 0) is 6.54 Å². The molecule has 1 N–H and O–H groups in total. The molecule has 0 amide bonds. The van der Waals surface area contributed by atoms with E-state index in [0.29, 0.717) is 0 Å². The lowest BCUT2D eigenvalue weighted by Crippen LogP contribution is -2.14. The first-order chi connectivity index (χ1) is 11.3. The Balaban J connectivity index is 1.41. The maximum atomic E-state index is 4.10. The van der Waals surface area contributed by atoms with Crippen molar-refractivity contribution in [2.45, 2.75) is 18.1 Å². The van der Waals surface area contributed by atoms with Gasteiger partial charge in [0.1, 0.15) is 0 Å². The van der Waals surface area contributed by atoms with Crippen LogP contribution in [0.2, 0.25) is 0 Å². The topological polar surface area (TPSA) is 55.6 Å². The number of hydrogen-bond donors (Lipinski definition) is 1. The van der Waals surface area contributed by atoms with Crippen molar-refractivity contribution < 1.29 is 0 Å². The molecule has 23 heavy (non-hydrogen) atoms. The van der Waals surface area contributed by atoms with Gasteiger partial charge < -0.3 is 5.32 Å². The summed E-state index contributed by atoms with van der Waals surface area (Å²) in [6, 6.07) is 12.1. The fourth-order valence-corrected chi connectivity index (χ4v) is 4.27. The van der Waals surface area contributed by atoms with Crippen LogP contribution in [-0.4, -0.2) is 32.5 Å². The standard InChI is InChI=1S/C15H16BrN5S2/c16-12-9-14(23-11-12)10-17-7-4-8-22-15-18-19-20-21(15)13-5-2-1-3-6-13/h1-3,5-6,9,11,17H,4,7-8,10H2. The van der Waals surface area contributed by atoms with Gasteiger partial charge in [-0.25, -0.2) is 0 Å². The summed E-state index contributed by atoms with van der Waals surface area (Å²) >= 11 is 6.92. The summed E-state index contributed by atoms with van der Waals surface area (Å²) in [6.45, 7) is 1.90. The molecule has 0 atom stereocenters. The highest BCUT2D eigenvalue weighted by molar-refractivity contribution is 9.10. The average molecular weight is 410 g/mol. The van der Waals surface area contributed by atoms with Crippen LogP contribution in [0.15, 0.2) is 51.4 Å². The minimum atomic E-state index is 0.832. The molecule has 0 aliphatic carbocycles. The summed E-state index contributed by atoms with van der Waals surface area (Å²) in [5.41, 5.74) is 0.987. The second-order valence-electron chi connectivity index (χ2n) is 4.82. The molecule has 2 heterocycles. The minimum absolute atomic E-state index is 0.832. The lowest BCUT2D eigenvalue weighted by atomic mass is 10.3. The Kier molecular flexibility index (Phi) is 6.21. The summed E-state index contributed by atoms with van der Waals surface area (Å²) in [7, 11) is 0. The quantitative estimate of drug-likeness (QED) is 0.453. The molecule has 120 valence electrons. The van der Waals surface area contributed by atoms with E-state index in [-0.39, 0.29) is 0 Å². The number of para-hydroxylation sites is 1. The van der Waals surface area contributed by atoms with Crippen LogP contribution in [0.1, 0.15) is 11.3 Å². The average Bonchev–Trinajstić information content (AvgIpc) is 3.20. The fourth-order valence-electron chi connectivity index (χ4n) is 2.02. The summed E-state index contributed by atoms with van der Waals surface area (Å²) in [5, 5.41) is 18.3. The van der Waals surface area contributed by atoms with Crippen LogP contribution in [0.5, 0.6) is 0 Å². The van der Waals surface area contributed by atoms with Crippen molar-refractivity contribution in [3.05, 3.63) is 51.1 Å². The second kappa shape index (κ2) is 8.58. The summed E-state index contributed by atoms with van der Waals surface area (Å²) < 4.78 is 2.93. The fraction of sp³-hybridized carbons (Fsp3) is 0.267. The molecule has 0 aliphatic rings. The molecular formula is C15H16BrN5S2. The molecule has 0 saturated heterocycles. The first-order valence-corrected chi connectivity index (χ1v) is 9.89. The maximum Gasteiger partial charge on any atom is 0.214 e. The largest absolute Gasteiger partial charge is 0.312 e. The highest BCUT2D eigenvalue weighted by Crippen LogP contribution is 2.20. The number of halogens is 1. The number of aromatic nitrogens is 4. The zero-order valence-corrected chi connectivity index (χ0v) is 15.6. The first-order valence-electron chi connectivity index (χ1n) is 7.23. The van der Waals surface area contributed by atoms with Gasteiger partial charge in [-0.05, 0) is 57.5 Å². The third-order valence-corrected chi connectivity index (χ3v) is 5.79. The molecule has 3 rings (SSSR count). The van der Waals surface area contributed by atoms with E-state index in [2.05, 4.69) is 48.2 Å². The van der Waals surface area contributed by atoms with Gasteiger partial charge in [0.2, 0.25) is 5.16 Å². The zero-order valence-electron chi connectivity index (χ0n) is 12.4. The smallest absolute Gasteiger partial charge is 0.214 e. The SMILES string of the molecule is Brc1csc(CNCCCSc2nnnn2-c2ccccc2)c1. The van der Waals surface area contributed by atoms with Gasteiger partial charge in [-0.2, -0.15) is 4.68 Å². The predicted molar refractivity (Wildman–Crippen MR) is 98.2 cm³/mol. The third-order valence-electron chi connectivity index (χ3n) is 3.09. The molecular weight excluding hydrogens is 394 g/mol. The lowest BCUT2D eigenvalue weighted by molar-refractivity contribution is 0.684.